The van der Waals surface area contributed by atoms with E-state index in [1.165, 1.54) is 12.4 Å². The maximum Gasteiger partial charge on any atom is 0.340 e. The first kappa shape index (κ1) is 18.4. The van der Waals surface area contributed by atoms with Crippen LogP contribution >= 0.6 is 31.9 Å². The molecule has 2 rings (SSSR count). The monoisotopic (exact) mass is 436 g/mol. The van der Waals surface area contributed by atoms with Crippen LogP contribution in [0.25, 0.3) is 0 Å². The van der Waals surface area contributed by atoms with Crippen LogP contribution in [0.2, 0.25) is 0 Å². The van der Waals surface area contributed by atoms with Crippen molar-refractivity contribution in [1.82, 2.24) is 20.0 Å². The second-order valence-electron chi connectivity index (χ2n) is 5.16. The van der Waals surface area contributed by atoms with Gasteiger partial charge in [0.05, 0.1) is 11.7 Å². The number of carbonyl (C=O) groups is 2. The Balaban J connectivity index is 0.000000235. The molecule has 0 amide bonds. The first-order chi connectivity index (χ1) is 10.0. The Morgan fingerprint density at radius 2 is 1.73 bits per heavy atom. The molecular weight excluding hydrogens is 424 g/mol. The van der Waals surface area contributed by atoms with E-state index in [2.05, 4.69) is 47.2 Å². The third-order valence-corrected chi connectivity index (χ3v) is 3.60. The minimum Gasteiger partial charge on any atom is -0.478 e. The van der Waals surface area contributed by atoms with E-state index in [4.69, 9.17) is 10.2 Å². The predicted molar refractivity (Wildman–Crippen MR) is 85.1 cm³/mol. The molecule has 0 saturated heterocycles. The molecule has 0 saturated carbocycles. The van der Waals surface area contributed by atoms with E-state index in [-0.39, 0.29) is 16.7 Å². The highest BCUT2D eigenvalue weighted by atomic mass is 79.9. The topological polar surface area (TPSA) is 121 Å². The van der Waals surface area contributed by atoms with Crippen LogP contribution in [0.5, 0.6) is 0 Å². The van der Waals surface area contributed by atoms with Crippen molar-refractivity contribution in [3.63, 3.8) is 0 Å². The molecule has 0 aliphatic rings. The standard InChI is InChI=1S/C8H11BrN2O2.C4H3BrN2O2/c1-8(2,3)11-4-5(7(12)13)6(9)10-11;5-3-2(4(8)9)1-6-7-3/h4H,1-3H3,(H,12,13);1H,(H,6,7)(H,8,9). The van der Waals surface area contributed by atoms with E-state index >= 15 is 0 Å². The molecular formula is C12H14Br2N4O4. The van der Waals surface area contributed by atoms with Gasteiger partial charge in [-0.1, -0.05) is 0 Å². The summed E-state index contributed by atoms with van der Waals surface area (Å²) in [4.78, 5) is 20.9. The van der Waals surface area contributed by atoms with Gasteiger partial charge in [-0.25, -0.2) is 9.59 Å². The molecule has 2 aromatic heterocycles. The van der Waals surface area contributed by atoms with Gasteiger partial charge < -0.3 is 10.2 Å². The van der Waals surface area contributed by atoms with Crippen LogP contribution in [0.15, 0.2) is 21.6 Å². The molecule has 10 heteroatoms. The number of nitrogens with one attached hydrogen (secondary N) is 1. The van der Waals surface area contributed by atoms with Gasteiger partial charge in [0.2, 0.25) is 0 Å². The van der Waals surface area contributed by atoms with Gasteiger partial charge in [0.15, 0.2) is 0 Å². The predicted octanol–water partition coefficient (Wildman–Crippen LogP) is 2.97. The zero-order valence-electron chi connectivity index (χ0n) is 12.0. The molecule has 2 aromatic rings. The van der Waals surface area contributed by atoms with E-state index in [9.17, 15) is 9.59 Å². The maximum absolute atomic E-state index is 10.7. The lowest BCUT2D eigenvalue weighted by molar-refractivity contribution is 0.0685. The molecule has 0 spiro atoms. The molecule has 22 heavy (non-hydrogen) atoms. The van der Waals surface area contributed by atoms with Crippen molar-refractivity contribution in [3.8, 4) is 0 Å². The Morgan fingerprint density at radius 1 is 1.18 bits per heavy atom. The average Bonchev–Trinajstić information content (AvgIpc) is 2.95. The van der Waals surface area contributed by atoms with Crippen molar-refractivity contribution in [1.29, 1.82) is 0 Å². The van der Waals surface area contributed by atoms with Crippen molar-refractivity contribution >= 4 is 43.8 Å². The number of nitrogens with zero attached hydrogens (tertiary/aromatic N) is 3. The minimum atomic E-state index is -0.990. The van der Waals surface area contributed by atoms with Gasteiger partial charge in [-0.3, -0.25) is 9.78 Å². The van der Waals surface area contributed by atoms with E-state index in [1.807, 2.05) is 20.8 Å². The van der Waals surface area contributed by atoms with Crippen molar-refractivity contribution in [2.45, 2.75) is 26.3 Å². The largest absolute Gasteiger partial charge is 0.478 e. The second kappa shape index (κ2) is 7.05. The van der Waals surface area contributed by atoms with Gasteiger partial charge in [0.25, 0.3) is 0 Å². The normalized spacial score (nSPS) is 10.8. The molecule has 0 fully saturated rings. The van der Waals surface area contributed by atoms with Crippen LogP contribution in [0, 0.1) is 0 Å². The fourth-order valence-corrected chi connectivity index (χ4v) is 2.08. The third kappa shape index (κ3) is 4.67. The summed E-state index contributed by atoms with van der Waals surface area (Å²) in [5.74, 6) is -1.96. The number of carboxylic acids is 2. The summed E-state index contributed by atoms with van der Waals surface area (Å²) in [6.07, 6.45) is 2.76. The number of aromatic nitrogens is 4. The lowest BCUT2D eigenvalue weighted by Crippen LogP contribution is -2.22. The van der Waals surface area contributed by atoms with E-state index < -0.39 is 11.9 Å². The van der Waals surface area contributed by atoms with Crippen LogP contribution in [0.4, 0.5) is 0 Å². The summed E-state index contributed by atoms with van der Waals surface area (Å²) in [7, 11) is 0. The van der Waals surface area contributed by atoms with Crippen molar-refractivity contribution in [3.05, 3.63) is 32.7 Å². The van der Waals surface area contributed by atoms with Crippen molar-refractivity contribution < 1.29 is 19.8 Å². The molecule has 0 aromatic carbocycles. The number of halogens is 2. The van der Waals surface area contributed by atoms with Crippen LogP contribution in [0.1, 0.15) is 41.5 Å². The molecule has 120 valence electrons. The summed E-state index contributed by atoms with van der Waals surface area (Å²) in [6, 6.07) is 0. The number of rotatable bonds is 2. The molecule has 2 heterocycles. The highest BCUT2D eigenvalue weighted by molar-refractivity contribution is 9.10. The van der Waals surface area contributed by atoms with Crippen molar-refractivity contribution in [2.24, 2.45) is 0 Å². The molecule has 0 bridgehead atoms. The van der Waals surface area contributed by atoms with Gasteiger partial charge >= 0.3 is 11.9 Å². The SMILES string of the molecule is CC(C)(C)n1cc(C(=O)O)c(Br)n1.O=C(O)c1cn[nH]c1Br. The number of H-pyrrole nitrogens is 1. The second-order valence-corrected chi connectivity index (χ2v) is 6.70. The number of hydrogen-bond donors (Lipinski definition) is 3. The van der Waals surface area contributed by atoms with Crippen LogP contribution < -0.4 is 0 Å². The van der Waals surface area contributed by atoms with Crippen LogP contribution in [-0.2, 0) is 5.54 Å². The Kier molecular flexibility index (Phi) is 5.89. The molecule has 0 atom stereocenters. The Bertz CT molecular complexity index is 688. The number of carboxylic acid groups (broad SMARTS) is 2. The van der Waals surface area contributed by atoms with Gasteiger partial charge in [-0.15, -0.1) is 0 Å². The molecule has 0 aliphatic carbocycles. The maximum atomic E-state index is 10.7. The quantitative estimate of drug-likeness (QED) is 0.663. The Morgan fingerprint density at radius 3 is 1.95 bits per heavy atom. The number of aromatic amines is 1. The molecule has 0 unspecified atom stereocenters. The summed E-state index contributed by atoms with van der Waals surface area (Å²) in [5, 5.41) is 27.1. The fraction of sp³-hybridized carbons (Fsp3) is 0.333. The molecule has 8 nitrogen and oxygen atoms in total. The zero-order valence-corrected chi connectivity index (χ0v) is 15.1. The number of aromatic carboxylic acids is 2. The smallest absolute Gasteiger partial charge is 0.340 e. The van der Waals surface area contributed by atoms with Crippen molar-refractivity contribution in [2.75, 3.05) is 0 Å². The van der Waals surface area contributed by atoms with Crippen LogP contribution in [0.3, 0.4) is 0 Å². The van der Waals surface area contributed by atoms with Crippen LogP contribution in [-0.4, -0.2) is 42.1 Å². The first-order valence-corrected chi connectivity index (χ1v) is 7.53. The molecule has 3 N–H and O–H groups in total. The zero-order chi connectivity index (χ0) is 17.1. The lowest BCUT2D eigenvalue weighted by atomic mass is 10.1. The highest BCUT2D eigenvalue weighted by Gasteiger charge is 2.19. The minimum absolute atomic E-state index is 0.148. The summed E-state index contributed by atoms with van der Waals surface area (Å²) >= 11 is 6.07. The van der Waals surface area contributed by atoms with Gasteiger partial charge in [0, 0.05) is 6.20 Å². The molecule has 0 aliphatic heterocycles. The summed E-state index contributed by atoms with van der Waals surface area (Å²) in [6.45, 7) is 5.87. The van der Waals surface area contributed by atoms with Gasteiger partial charge in [-0.05, 0) is 52.6 Å². The van der Waals surface area contributed by atoms with Gasteiger partial charge in [-0.2, -0.15) is 10.2 Å². The van der Waals surface area contributed by atoms with E-state index in [0.717, 1.165) is 0 Å². The summed E-state index contributed by atoms with van der Waals surface area (Å²) in [5.41, 5.74) is 0.140. The summed E-state index contributed by atoms with van der Waals surface area (Å²) < 4.78 is 2.39. The van der Waals surface area contributed by atoms with E-state index in [0.29, 0.717) is 9.21 Å². The lowest BCUT2D eigenvalue weighted by Gasteiger charge is -2.18. The Labute approximate surface area is 142 Å². The fourth-order valence-electron chi connectivity index (χ4n) is 1.26. The molecule has 0 radical (unpaired) electrons. The average molecular weight is 438 g/mol. The third-order valence-electron chi connectivity index (χ3n) is 2.41. The highest BCUT2D eigenvalue weighted by Crippen LogP contribution is 2.20. The number of hydrogen-bond acceptors (Lipinski definition) is 4. The van der Waals surface area contributed by atoms with Gasteiger partial charge in [0.1, 0.15) is 20.3 Å². The van der Waals surface area contributed by atoms with E-state index in [1.54, 1.807) is 4.68 Å². The first-order valence-electron chi connectivity index (χ1n) is 5.95. The Hall–Kier alpha value is -1.68.